The monoisotopic (exact) mass is 314 g/mol. The van der Waals surface area contributed by atoms with Crippen LogP contribution in [0.4, 0.5) is 0 Å². The van der Waals surface area contributed by atoms with Crippen molar-refractivity contribution < 1.29 is 0 Å². The third-order valence-electron chi connectivity index (χ3n) is 3.99. The number of nitriles is 1. The van der Waals surface area contributed by atoms with Crippen LogP contribution in [0.25, 0.3) is 16.3 Å². The molecule has 0 aliphatic carbocycles. The molecule has 0 N–H and O–H groups in total. The van der Waals surface area contributed by atoms with Gasteiger partial charge in [-0.2, -0.15) is 5.26 Å². The molecule has 0 atom stereocenters. The Morgan fingerprint density at radius 3 is 2.65 bits per heavy atom. The second-order valence-electron chi connectivity index (χ2n) is 5.43. The lowest BCUT2D eigenvalue weighted by molar-refractivity contribution is 1.18. The van der Waals surface area contributed by atoms with Gasteiger partial charge in [0.1, 0.15) is 6.07 Å². The molecule has 0 saturated heterocycles. The predicted molar refractivity (Wildman–Crippen MR) is 95.6 cm³/mol. The van der Waals surface area contributed by atoms with Crippen LogP contribution in [0, 0.1) is 11.3 Å². The number of hydrogen-bond acceptors (Lipinski definition) is 2. The van der Waals surface area contributed by atoms with Crippen LogP contribution in [0.3, 0.4) is 0 Å². The largest absolute Gasteiger partial charge is 0.322 e. The first-order valence-corrected chi connectivity index (χ1v) is 8.44. The topological polar surface area (TPSA) is 28.2 Å². The summed E-state index contributed by atoms with van der Waals surface area (Å²) in [4.78, 5) is 1.22. The lowest BCUT2D eigenvalue weighted by Crippen LogP contribution is -1.82. The van der Waals surface area contributed by atoms with Crippen LogP contribution < -0.4 is 0 Å². The SMILES string of the molecule is N#Cc1c(CSc2ccc3ccccc3c2)cn2ccccc12. The van der Waals surface area contributed by atoms with E-state index in [1.54, 1.807) is 11.8 Å². The van der Waals surface area contributed by atoms with Crippen molar-refractivity contribution >= 4 is 28.1 Å². The fraction of sp³-hybridized carbons (Fsp3) is 0.0500. The first-order chi connectivity index (χ1) is 11.3. The maximum Gasteiger partial charge on any atom is 0.102 e. The van der Waals surface area contributed by atoms with Crippen LogP contribution in [0.2, 0.25) is 0 Å². The Morgan fingerprint density at radius 2 is 1.78 bits per heavy atom. The zero-order chi connectivity index (χ0) is 15.6. The molecule has 110 valence electrons. The van der Waals surface area contributed by atoms with Gasteiger partial charge < -0.3 is 4.40 Å². The van der Waals surface area contributed by atoms with Crippen molar-refractivity contribution in [3.05, 3.63) is 84.2 Å². The van der Waals surface area contributed by atoms with Crippen LogP contribution in [0.1, 0.15) is 11.1 Å². The minimum Gasteiger partial charge on any atom is -0.322 e. The van der Waals surface area contributed by atoms with Gasteiger partial charge in [0.05, 0.1) is 11.1 Å². The number of rotatable bonds is 3. The molecular weight excluding hydrogens is 300 g/mol. The average Bonchev–Trinajstić information content (AvgIpc) is 2.97. The summed E-state index contributed by atoms with van der Waals surface area (Å²) in [5, 5.41) is 12.0. The van der Waals surface area contributed by atoms with E-state index in [4.69, 9.17) is 0 Å². The highest BCUT2D eigenvalue weighted by Crippen LogP contribution is 2.29. The molecule has 2 nitrogen and oxygen atoms in total. The summed E-state index contributed by atoms with van der Waals surface area (Å²) in [7, 11) is 0. The number of fused-ring (bicyclic) bond motifs is 2. The van der Waals surface area contributed by atoms with Gasteiger partial charge in [-0.05, 0) is 40.6 Å². The van der Waals surface area contributed by atoms with Gasteiger partial charge in [-0.25, -0.2) is 0 Å². The molecule has 4 rings (SSSR count). The lowest BCUT2D eigenvalue weighted by Gasteiger charge is -2.03. The van der Waals surface area contributed by atoms with E-state index in [1.807, 2.05) is 28.8 Å². The van der Waals surface area contributed by atoms with Gasteiger partial charge in [-0.15, -0.1) is 11.8 Å². The molecule has 2 aromatic heterocycles. The van der Waals surface area contributed by atoms with E-state index in [9.17, 15) is 5.26 Å². The van der Waals surface area contributed by atoms with E-state index in [-0.39, 0.29) is 0 Å². The van der Waals surface area contributed by atoms with Gasteiger partial charge in [0.25, 0.3) is 0 Å². The first kappa shape index (κ1) is 13.9. The summed E-state index contributed by atoms with van der Waals surface area (Å²) < 4.78 is 2.02. The smallest absolute Gasteiger partial charge is 0.102 e. The Labute approximate surface area is 139 Å². The minimum absolute atomic E-state index is 0.777. The third kappa shape index (κ3) is 2.58. The van der Waals surface area contributed by atoms with E-state index in [1.165, 1.54) is 15.7 Å². The molecule has 3 heteroatoms. The van der Waals surface area contributed by atoms with Gasteiger partial charge in [-0.3, -0.25) is 0 Å². The summed E-state index contributed by atoms with van der Waals surface area (Å²) in [5.74, 6) is 0.795. The summed E-state index contributed by atoms with van der Waals surface area (Å²) in [5.41, 5.74) is 2.83. The summed E-state index contributed by atoms with van der Waals surface area (Å²) >= 11 is 1.77. The Morgan fingerprint density at radius 1 is 0.957 bits per heavy atom. The maximum absolute atomic E-state index is 9.47. The van der Waals surface area contributed by atoms with Gasteiger partial charge >= 0.3 is 0 Å². The van der Waals surface area contributed by atoms with Crippen molar-refractivity contribution in [1.29, 1.82) is 5.26 Å². The maximum atomic E-state index is 9.47. The fourth-order valence-electron chi connectivity index (χ4n) is 2.83. The molecule has 0 bridgehead atoms. The molecule has 0 fully saturated rings. The quantitative estimate of drug-likeness (QED) is 0.483. The fourth-order valence-corrected chi connectivity index (χ4v) is 3.75. The van der Waals surface area contributed by atoms with Crippen LogP contribution in [0.5, 0.6) is 0 Å². The number of benzene rings is 2. The number of nitrogens with zero attached hydrogens (tertiary/aromatic N) is 2. The van der Waals surface area contributed by atoms with Crippen LogP contribution in [-0.4, -0.2) is 4.40 Å². The number of thioether (sulfide) groups is 1. The van der Waals surface area contributed by atoms with Crippen LogP contribution in [-0.2, 0) is 5.75 Å². The molecule has 0 radical (unpaired) electrons. The van der Waals surface area contributed by atoms with Crippen molar-refractivity contribution in [2.45, 2.75) is 10.6 Å². The zero-order valence-corrected chi connectivity index (χ0v) is 13.3. The van der Waals surface area contributed by atoms with Crippen molar-refractivity contribution in [1.82, 2.24) is 4.40 Å². The highest BCUT2D eigenvalue weighted by atomic mass is 32.2. The van der Waals surface area contributed by atoms with Crippen molar-refractivity contribution in [2.24, 2.45) is 0 Å². The predicted octanol–water partition coefficient (Wildman–Crippen LogP) is 5.26. The molecule has 0 unspecified atom stereocenters. The average molecular weight is 314 g/mol. The Balaban J connectivity index is 1.64. The van der Waals surface area contributed by atoms with Crippen molar-refractivity contribution in [2.75, 3.05) is 0 Å². The van der Waals surface area contributed by atoms with E-state index in [2.05, 4.69) is 54.7 Å². The summed E-state index contributed by atoms with van der Waals surface area (Å²) in [6, 6.07) is 23.2. The molecule has 0 aliphatic heterocycles. The van der Waals surface area contributed by atoms with Gasteiger partial charge in [0.15, 0.2) is 0 Å². The molecule has 0 saturated carbocycles. The van der Waals surface area contributed by atoms with Gasteiger partial charge in [-0.1, -0.05) is 36.4 Å². The molecule has 0 amide bonds. The van der Waals surface area contributed by atoms with Crippen molar-refractivity contribution in [3.8, 4) is 6.07 Å². The highest BCUT2D eigenvalue weighted by molar-refractivity contribution is 7.98. The normalized spacial score (nSPS) is 10.9. The molecule has 2 heterocycles. The van der Waals surface area contributed by atoms with E-state index >= 15 is 0 Å². The molecule has 2 aromatic carbocycles. The third-order valence-corrected chi connectivity index (χ3v) is 5.03. The number of aromatic nitrogens is 1. The zero-order valence-electron chi connectivity index (χ0n) is 12.4. The van der Waals surface area contributed by atoms with E-state index < -0.39 is 0 Å². The highest BCUT2D eigenvalue weighted by Gasteiger charge is 2.10. The molecule has 4 aromatic rings. The first-order valence-electron chi connectivity index (χ1n) is 7.45. The molecule has 0 aliphatic rings. The Hall–Kier alpha value is -2.70. The second kappa shape index (κ2) is 5.83. The van der Waals surface area contributed by atoms with Gasteiger partial charge in [0.2, 0.25) is 0 Å². The molecular formula is C20H14N2S. The molecule has 0 spiro atoms. The standard InChI is InChI=1S/C20H14N2S/c21-12-19-17(13-22-10-4-3-7-20(19)22)14-23-18-9-8-15-5-1-2-6-16(15)11-18/h1-11,13H,14H2. The Bertz CT molecular complexity index is 1040. The number of pyridine rings is 1. The lowest BCUT2D eigenvalue weighted by atomic mass is 10.1. The van der Waals surface area contributed by atoms with Crippen LogP contribution >= 0.6 is 11.8 Å². The minimum atomic E-state index is 0.777. The van der Waals surface area contributed by atoms with Crippen LogP contribution in [0.15, 0.2) is 78.0 Å². The van der Waals surface area contributed by atoms with E-state index in [0.29, 0.717) is 0 Å². The summed E-state index contributed by atoms with van der Waals surface area (Å²) in [6.07, 6.45) is 4.04. The summed E-state index contributed by atoms with van der Waals surface area (Å²) in [6.45, 7) is 0. The van der Waals surface area contributed by atoms with E-state index in [0.717, 1.165) is 22.4 Å². The number of hydrogen-bond donors (Lipinski definition) is 0. The van der Waals surface area contributed by atoms with Crippen molar-refractivity contribution in [3.63, 3.8) is 0 Å². The van der Waals surface area contributed by atoms with Gasteiger partial charge in [0, 0.05) is 23.0 Å². The Kier molecular flexibility index (Phi) is 3.53. The molecule has 23 heavy (non-hydrogen) atoms. The second-order valence-corrected chi connectivity index (χ2v) is 6.48.